The van der Waals surface area contributed by atoms with Crippen LogP contribution in [0, 0.1) is 52.3 Å². The summed E-state index contributed by atoms with van der Waals surface area (Å²) in [5.74, 6) is 3.29. The summed E-state index contributed by atoms with van der Waals surface area (Å²) in [5.41, 5.74) is 0.356. The van der Waals surface area contributed by atoms with Crippen LogP contribution in [0.3, 0.4) is 0 Å². The highest BCUT2D eigenvalue weighted by Gasteiger charge is 2.69. The highest BCUT2D eigenvalue weighted by molar-refractivity contribution is 5.15. The van der Waals surface area contributed by atoms with Gasteiger partial charge in [0.05, 0.1) is 38.1 Å². The van der Waals surface area contributed by atoms with Gasteiger partial charge >= 0.3 is 0 Å². The fraction of sp³-hybridized carbons (Fsp3) is 1.00. The van der Waals surface area contributed by atoms with Crippen LogP contribution in [-0.2, 0) is 37.9 Å². The molecule has 9 rings (SSSR count). The summed E-state index contributed by atoms with van der Waals surface area (Å²) < 4.78 is 49.9. The number of rotatable bonds is 7. The molecule has 5 saturated heterocycles. The first-order chi connectivity index (χ1) is 28.5. The fourth-order valence-corrected chi connectivity index (χ4v) is 14.3. The van der Waals surface area contributed by atoms with Crippen LogP contribution in [0.15, 0.2) is 0 Å². The Labute approximate surface area is 353 Å². The highest BCUT2D eigenvalue weighted by Crippen LogP contribution is 2.71. The van der Waals surface area contributed by atoms with Gasteiger partial charge in [0.2, 0.25) is 0 Å². The Kier molecular flexibility index (Phi) is 12.4. The van der Waals surface area contributed by atoms with E-state index >= 15 is 0 Å². The number of hydrogen-bond donors (Lipinski definition) is 8. The Hall–Kier alpha value is -0.640. The molecule has 344 valence electrons. The van der Waals surface area contributed by atoms with E-state index in [0.717, 1.165) is 58.0 Å². The molecule has 9 fully saturated rings. The maximum atomic E-state index is 11.9. The minimum absolute atomic E-state index is 0.126. The first-order valence-electron chi connectivity index (χ1n) is 23.1. The molecule has 5 aliphatic heterocycles. The van der Waals surface area contributed by atoms with Crippen molar-refractivity contribution in [2.24, 2.45) is 52.3 Å². The zero-order chi connectivity index (χ0) is 42.6. The van der Waals surface area contributed by atoms with Gasteiger partial charge in [0.15, 0.2) is 24.7 Å². The van der Waals surface area contributed by atoms with Crippen molar-refractivity contribution >= 4 is 0 Å². The normalized spacial score (nSPS) is 59.2. The van der Waals surface area contributed by atoms with Gasteiger partial charge in [-0.05, 0) is 111 Å². The van der Waals surface area contributed by atoms with Crippen molar-refractivity contribution in [3.8, 4) is 0 Å². The third kappa shape index (κ3) is 7.27. The van der Waals surface area contributed by atoms with E-state index in [4.69, 9.17) is 37.9 Å². The van der Waals surface area contributed by atoms with Crippen LogP contribution in [-0.4, -0.2) is 165 Å². The van der Waals surface area contributed by atoms with E-state index in [-0.39, 0.29) is 29.6 Å². The van der Waals surface area contributed by atoms with Crippen molar-refractivity contribution < 1.29 is 78.7 Å². The van der Waals surface area contributed by atoms with Crippen molar-refractivity contribution in [2.75, 3.05) is 19.8 Å². The molecule has 0 aromatic rings. The molecule has 16 heteroatoms. The van der Waals surface area contributed by atoms with Crippen molar-refractivity contribution in [3.63, 3.8) is 0 Å². The number of aliphatic hydroxyl groups is 8. The van der Waals surface area contributed by atoms with Gasteiger partial charge in [0.25, 0.3) is 0 Å². The predicted molar refractivity (Wildman–Crippen MR) is 208 cm³/mol. The number of ether oxygens (including phenoxy) is 8. The number of fused-ring (bicyclic) bond motifs is 7. The molecule has 60 heavy (non-hydrogen) atoms. The minimum atomic E-state index is -1.70. The first-order valence-corrected chi connectivity index (χ1v) is 23.1. The second-order valence-electron chi connectivity index (χ2n) is 21.1. The molecular weight excluding hydrogens is 784 g/mol. The van der Waals surface area contributed by atoms with Crippen LogP contribution in [0.25, 0.3) is 0 Å². The zero-order valence-corrected chi connectivity index (χ0v) is 35.8. The molecule has 4 saturated carbocycles. The lowest BCUT2D eigenvalue weighted by molar-refractivity contribution is -0.385. The average Bonchev–Trinajstić information content (AvgIpc) is 3.68. The van der Waals surface area contributed by atoms with E-state index < -0.39 is 98.4 Å². The van der Waals surface area contributed by atoms with Gasteiger partial charge in [-0.1, -0.05) is 27.7 Å². The lowest BCUT2D eigenvalue weighted by Gasteiger charge is -2.61. The maximum Gasteiger partial charge on any atom is 0.187 e. The highest BCUT2D eigenvalue weighted by atomic mass is 16.8. The second-order valence-corrected chi connectivity index (χ2v) is 21.1. The summed E-state index contributed by atoms with van der Waals surface area (Å²) in [6, 6.07) is 0. The largest absolute Gasteiger partial charge is 0.394 e. The number of hydrogen-bond acceptors (Lipinski definition) is 16. The molecule has 16 nitrogen and oxygen atoms in total. The van der Waals surface area contributed by atoms with Crippen LogP contribution in [0.2, 0.25) is 0 Å². The molecule has 8 N–H and O–H groups in total. The van der Waals surface area contributed by atoms with Crippen LogP contribution in [0.5, 0.6) is 0 Å². The molecule has 1 spiro atoms. The SMILES string of the molecule is CC1CCC2(OC1)OC1CC3C4CCC5CC(OC6OC(CO)C(OC7OC(C)C(O)C(O)C7O)C(O)C6OC6OCC(O)C(O)C6O)CCC5(C)C4CCC3(C)C1C2C. The van der Waals surface area contributed by atoms with Gasteiger partial charge in [0, 0.05) is 12.3 Å². The van der Waals surface area contributed by atoms with E-state index in [1.165, 1.54) is 19.8 Å². The maximum absolute atomic E-state index is 11.9. The third-order valence-electron chi connectivity index (χ3n) is 17.9. The van der Waals surface area contributed by atoms with E-state index in [9.17, 15) is 40.9 Å². The Morgan fingerprint density at radius 3 is 2.10 bits per heavy atom. The molecule has 26 atom stereocenters. The molecule has 0 radical (unpaired) electrons. The molecule has 5 heterocycles. The summed E-state index contributed by atoms with van der Waals surface area (Å²) in [5, 5.41) is 85.2. The second kappa shape index (κ2) is 16.7. The summed E-state index contributed by atoms with van der Waals surface area (Å²) in [4.78, 5) is 0. The zero-order valence-electron chi connectivity index (χ0n) is 35.8. The molecule has 0 amide bonds. The smallest absolute Gasteiger partial charge is 0.187 e. The summed E-state index contributed by atoms with van der Waals surface area (Å²) >= 11 is 0. The predicted octanol–water partition coefficient (Wildman–Crippen LogP) is 0.933. The molecular formula is C44H72O16. The topological polar surface area (TPSA) is 236 Å². The van der Waals surface area contributed by atoms with Crippen molar-refractivity contribution in [1.29, 1.82) is 0 Å². The summed E-state index contributed by atoms with van der Waals surface area (Å²) in [7, 11) is 0. The fourth-order valence-electron chi connectivity index (χ4n) is 14.3. The Balaban J connectivity index is 0.891. The third-order valence-corrected chi connectivity index (χ3v) is 17.9. The summed E-state index contributed by atoms with van der Waals surface area (Å²) in [6.45, 7) is 11.0. The van der Waals surface area contributed by atoms with Gasteiger partial charge in [-0.3, -0.25) is 0 Å². The first kappa shape index (κ1) is 44.6. The van der Waals surface area contributed by atoms with Crippen LogP contribution in [0.1, 0.15) is 98.8 Å². The van der Waals surface area contributed by atoms with Crippen molar-refractivity contribution in [3.05, 3.63) is 0 Å². The minimum Gasteiger partial charge on any atom is -0.394 e. The van der Waals surface area contributed by atoms with Crippen LogP contribution < -0.4 is 0 Å². The van der Waals surface area contributed by atoms with Crippen molar-refractivity contribution in [2.45, 2.75) is 203 Å². The van der Waals surface area contributed by atoms with Gasteiger partial charge in [-0.15, -0.1) is 0 Å². The lowest BCUT2D eigenvalue weighted by Crippen LogP contribution is -2.66. The Morgan fingerprint density at radius 1 is 0.633 bits per heavy atom. The van der Waals surface area contributed by atoms with E-state index in [2.05, 4.69) is 27.7 Å². The molecule has 9 aliphatic rings. The molecule has 26 unspecified atom stereocenters. The molecule has 0 aromatic carbocycles. The molecule has 4 aliphatic carbocycles. The van der Waals surface area contributed by atoms with E-state index in [1.807, 2.05) is 0 Å². The monoisotopic (exact) mass is 856 g/mol. The van der Waals surface area contributed by atoms with Crippen LogP contribution in [0.4, 0.5) is 0 Å². The summed E-state index contributed by atoms with van der Waals surface area (Å²) in [6.07, 6.45) is -9.85. The van der Waals surface area contributed by atoms with E-state index in [0.29, 0.717) is 41.4 Å². The standard InChI is InChI=1S/C44H72O16/c1-19-8-13-44(54-17-19)20(2)30-28(60-44)15-26-24-7-6-22-14-23(9-11-42(22,4)25(24)10-12-43(26,30)5)56-41-38(59-39-34(50)32(48)27(46)18-53-39)36(52)37(29(16-45)57-41)58-40-35(51)33(49)31(47)21(3)55-40/h19-41,45-52H,6-18H2,1-5H3. The van der Waals surface area contributed by atoms with Gasteiger partial charge in [-0.2, -0.15) is 0 Å². The van der Waals surface area contributed by atoms with Crippen molar-refractivity contribution in [1.82, 2.24) is 0 Å². The quantitative estimate of drug-likeness (QED) is 0.166. The van der Waals surface area contributed by atoms with Gasteiger partial charge < -0.3 is 78.7 Å². The Bertz CT molecular complexity index is 1500. The molecule has 0 aromatic heterocycles. The molecule has 0 bridgehead atoms. The average molecular weight is 857 g/mol. The Morgan fingerprint density at radius 2 is 1.37 bits per heavy atom. The van der Waals surface area contributed by atoms with E-state index in [1.54, 1.807) is 0 Å². The van der Waals surface area contributed by atoms with Crippen LogP contribution >= 0.6 is 0 Å². The number of aliphatic hydroxyl groups excluding tert-OH is 8. The van der Waals surface area contributed by atoms with Gasteiger partial charge in [-0.25, -0.2) is 0 Å². The van der Waals surface area contributed by atoms with Gasteiger partial charge in [0.1, 0.15) is 61.0 Å². The lowest BCUT2D eigenvalue weighted by atomic mass is 9.44.